The Morgan fingerprint density at radius 1 is 1.17 bits per heavy atom. The van der Waals surface area contributed by atoms with E-state index in [1.54, 1.807) is 38.1 Å². The van der Waals surface area contributed by atoms with Gasteiger partial charge in [-0.1, -0.05) is 12.1 Å². The van der Waals surface area contributed by atoms with E-state index < -0.39 is 15.1 Å². The summed E-state index contributed by atoms with van der Waals surface area (Å²) in [6.45, 7) is 4.63. The van der Waals surface area contributed by atoms with Crippen molar-refractivity contribution in [2.45, 2.75) is 55.3 Å². The topological polar surface area (TPSA) is 66.5 Å². The number of rotatable bonds is 3. The van der Waals surface area contributed by atoms with Crippen LogP contribution in [0.3, 0.4) is 0 Å². The molecule has 126 valence electrons. The van der Waals surface area contributed by atoms with E-state index in [1.165, 1.54) is 6.42 Å². The number of amides is 1. The maximum absolute atomic E-state index is 13.0. The Bertz CT molecular complexity index is 700. The first kappa shape index (κ1) is 16.5. The average molecular weight is 336 g/mol. The second kappa shape index (κ2) is 6.24. The predicted octanol–water partition coefficient (Wildman–Crippen LogP) is 1.84. The zero-order valence-electron chi connectivity index (χ0n) is 13.7. The summed E-state index contributed by atoms with van der Waals surface area (Å²) in [6, 6.07) is 7.42. The van der Waals surface area contributed by atoms with Gasteiger partial charge in [0.25, 0.3) is 5.91 Å². The molecule has 0 spiro atoms. The van der Waals surface area contributed by atoms with Crippen LogP contribution in [-0.4, -0.2) is 49.6 Å². The van der Waals surface area contributed by atoms with Crippen LogP contribution < -0.4 is 5.32 Å². The molecule has 2 saturated heterocycles. The molecule has 0 radical (unpaired) electrons. The zero-order chi connectivity index (χ0) is 16.6. The molecule has 2 bridgehead atoms. The summed E-state index contributed by atoms with van der Waals surface area (Å²) < 4.78 is 25.1. The normalized spacial score (nSPS) is 24.7. The maximum atomic E-state index is 13.0. The van der Waals surface area contributed by atoms with Crippen molar-refractivity contribution in [1.82, 2.24) is 10.2 Å². The molecule has 2 aliphatic rings. The fourth-order valence-electron chi connectivity index (χ4n) is 3.44. The lowest BCUT2D eigenvalue weighted by Gasteiger charge is -2.25. The van der Waals surface area contributed by atoms with Gasteiger partial charge in [-0.2, -0.15) is 0 Å². The Kier molecular flexibility index (Phi) is 4.47. The molecule has 1 aromatic rings. The van der Waals surface area contributed by atoms with Crippen LogP contribution in [0.5, 0.6) is 0 Å². The van der Waals surface area contributed by atoms with Gasteiger partial charge in [-0.05, 0) is 45.2 Å². The molecular weight excluding hydrogens is 312 g/mol. The zero-order valence-corrected chi connectivity index (χ0v) is 14.5. The number of benzene rings is 1. The first-order chi connectivity index (χ1) is 10.9. The lowest BCUT2D eigenvalue weighted by atomic mass is 10.1. The first-order valence-corrected chi connectivity index (χ1v) is 9.82. The van der Waals surface area contributed by atoms with Gasteiger partial charge >= 0.3 is 0 Å². The molecular formula is C17H24N2O3S. The third kappa shape index (κ3) is 3.15. The van der Waals surface area contributed by atoms with Crippen LogP contribution in [-0.2, 0) is 9.84 Å². The van der Waals surface area contributed by atoms with Crippen LogP contribution in [0.2, 0.25) is 0 Å². The van der Waals surface area contributed by atoms with E-state index in [9.17, 15) is 13.2 Å². The molecule has 2 fully saturated rings. The summed E-state index contributed by atoms with van der Waals surface area (Å²) in [5.74, 6) is -0.167. The van der Waals surface area contributed by atoms with E-state index >= 15 is 0 Å². The van der Waals surface area contributed by atoms with Crippen LogP contribution >= 0.6 is 0 Å². The van der Waals surface area contributed by atoms with Crippen molar-refractivity contribution < 1.29 is 13.2 Å². The lowest BCUT2D eigenvalue weighted by molar-refractivity contribution is 0.0744. The van der Waals surface area contributed by atoms with Gasteiger partial charge in [0.15, 0.2) is 9.84 Å². The first-order valence-electron chi connectivity index (χ1n) is 8.28. The van der Waals surface area contributed by atoms with E-state index in [-0.39, 0.29) is 10.8 Å². The van der Waals surface area contributed by atoms with Crippen molar-refractivity contribution in [3.63, 3.8) is 0 Å². The molecule has 2 aliphatic heterocycles. The number of carbonyl (C=O) groups excluding carboxylic acids is 1. The molecule has 6 heteroatoms. The lowest BCUT2D eigenvalue weighted by Crippen LogP contribution is -2.39. The molecule has 5 nitrogen and oxygen atoms in total. The highest BCUT2D eigenvalue weighted by molar-refractivity contribution is 7.92. The Morgan fingerprint density at radius 3 is 2.61 bits per heavy atom. The average Bonchev–Trinajstić information content (AvgIpc) is 2.85. The van der Waals surface area contributed by atoms with Crippen LogP contribution in [0.25, 0.3) is 0 Å². The molecule has 2 atom stereocenters. The second-order valence-electron chi connectivity index (χ2n) is 6.77. The van der Waals surface area contributed by atoms with Gasteiger partial charge in [-0.25, -0.2) is 8.42 Å². The van der Waals surface area contributed by atoms with Crippen LogP contribution in [0.1, 0.15) is 43.5 Å². The molecule has 0 saturated carbocycles. The Balaban J connectivity index is 1.91. The quantitative estimate of drug-likeness (QED) is 0.914. The van der Waals surface area contributed by atoms with Crippen molar-refractivity contribution in [2.24, 2.45) is 0 Å². The molecule has 0 aromatic heterocycles. The van der Waals surface area contributed by atoms with Gasteiger partial charge < -0.3 is 10.2 Å². The monoisotopic (exact) mass is 336 g/mol. The summed E-state index contributed by atoms with van der Waals surface area (Å²) in [5.41, 5.74) is 0.305. The van der Waals surface area contributed by atoms with Gasteiger partial charge in [0.1, 0.15) is 0 Å². The smallest absolute Gasteiger partial charge is 0.255 e. The van der Waals surface area contributed by atoms with Crippen molar-refractivity contribution >= 4 is 15.7 Å². The SMILES string of the molecule is CC(C)S(=O)(=O)c1ccccc1C(=O)N1CCC2CCC(C1)N2. The standard InChI is InChI=1S/C17H24N2O3S/c1-12(2)23(21,22)16-6-4-3-5-15(16)17(20)19-10-9-13-7-8-14(11-19)18-13/h3-6,12-14,18H,7-11H2,1-2H3. The minimum atomic E-state index is -3.47. The maximum Gasteiger partial charge on any atom is 0.255 e. The van der Waals surface area contributed by atoms with Gasteiger partial charge in [0.2, 0.25) is 0 Å². The van der Waals surface area contributed by atoms with Crippen molar-refractivity contribution in [3.05, 3.63) is 29.8 Å². The number of nitrogens with one attached hydrogen (secondary N) is 1. The Morgan fingerprint density at radius 2 is 1.87 bits per heavy atom. The van der Waals surface area contributed by atoms with Gasteiger partial charge in [-0.3, -0.25) is 4.79 Å². The number of fused-ring (bicyclic) bond motifs is 2. The summed E-state index contributed by atoms with van der Waals surface area (Å²) in [4.78, 5) is 14.9. The number of likely N-dealkylation sites (tertiary alicyclic amines) is 1. The molecule has 1 aromatic carbocycles. The number of nitrogens with zero attached hydrogens (tertiary/aromatic N) is 1. The highest BCUT2D eigenvalue weighted by atomic mass is 32.2. The van der Waals surface area contributed by atoms with Crippen molar-refractivity contribution in [2.75, 3.05) is 13.1 Å². The van der Waals surface area contributed by atoms with E-state index in [0.717, 1.165) is 12.8 Å². The van der Waals surface area contributed by atoms with Crippen LogP contribution in [0.15, 0.2) is 29.2 Å². The molecule has 2 heterocycles. The number of hydrogen-bond acceptors (Lipinski definition) is 4. The van der Waals surface area contributed by atoms with Gasteiger partial charge in [-0.15, -0.1) is 0 Å². The molecule has 2 unspecified atom stereocenters. The minimum absolute atomic E-state index is 0.155. The van der Waals surface area contributed by atoms with Crippen molar-refractivity contribution in [1.29, 1.82) is 0 Å². The molecule has 1 amide bonds. The summed E-state index contributed by atoms with van der Waals surface area (Å²) >= 11 is 0. The Labute approximate surface area is 138 Å². The Hall–Kier alpha value is -1.40. The molecule has 1 N–H and O–H groups in total. The van der Waals surface area contributed by atoms with E-state index in [2.05, 4.69) is 5.32 Å². The largest absolute Gasteiger partial charge is 0.337 e. The third-order valence-corrected chi connectivity index (χ3v) is 7.07. The minimum Gasteiger partial charge on any atom is -0.337 e. The summed E-state index contributed by atoms with van der Waals surface area (Å²) in [5, 5.41) is 3.00. The van der Waals surface area contributed by atoms with Crippen LogP contribution in [0.4, 0.5) is 0 Å². The predicted molar refractivity (Wildman–Crippen MR) is 89.2 cm³/mol. The molecule has 23 heavy (non-hydrogen) atoms. The highest BCUT2D eigenvalue weighted by Crippen LogP contribution is 2.25. The van der Waals surface area contributed by atoms with Crippen molar-refractivity contribution in [3.8, 4) is 0 Å². The number of sulfone groups is 1. The summed E-state index contributed by atoms with van der Waals surface area (Å²) in [6.07, 6.45) is 3.19. The second-order valence-corrected chi connectivity index (χ2v) is 9.24. The highest BCUT2D eigenvalue weighted by Gasteiger charge is 2.33. The van der Waals surface area contributed by atoms with E-state index in [1.807, 2.05) is 4.90 Å². The number of hydrogen-bond donors (Lipinski definition) is 1. The molecule has 0 aliphatic carbocycles. The third-order valence-electron chi connectivity index (χ3n) is 4.86. The molecule has 3 rings (SSSR count). The fourth-order valence-corrected chi connectivity index (χ4v) is 4.68. The van der Waals surface area contributed by atoms with E-state index in [4.69, 9.17) is 0 Å². The van der Waals surface area contributed by atoms with Gasteiger partial charge in [0, 0.05) is 25.2 Å². The summed E-state index contributed by atoms with van der Waals surface area (Å²) in [7, 11) is -3.47. The van der Waals surface area contributed by atoms with Crippen LogP contribution in [0, 0.1) is 0 Å². The number of carbonyl (C=O) groups is 1. The van der Waals surface area contributed by atoms with Gasteiger partial charge in [0.05, 0.1) is 15.7 Å². The fraction of sp³-hybridized carbons (Fsp3) is 0.588. The van der Waals surface area contributed by atoms with E-state index in [0.29, 0.717) is 30.7 Å².